The molecule has 0 saturated heterocycles. The van der Waals surface area contributed by atoms with Crippen molar-refractivity contribution in [2.45, 2.75) is 5.88 Å². The van der Waals surface area contributed by atoms with Gasteiger partial charge in [0.25, 0.3) is 0 Å². The largest absolute Gasteiger partial charge is 0.271 e. The van der Waals surface area contributed by atoms with Gasteiger partial charge < -0.3 is 0 Å². The Morgan fingerprint density at radius 3 is 2.79 bits per heavy atom. The molecule has 0 atom stereocenters. The van der Waals surface area contributed by atoms with Crippen molar-refractivity contribution in [2.75, 3.05) is 0 Å². The third kappa shape index (κ3) is 2.20. The van der Waals surface area contributed by atoms with Crippen LogP contribution < -0.4 is 0 Å². The molecule has 0 aliphatic heterocycles. The molecule has 0 bridgehead atoms. The molecule has 96 valence electrons. The van der Waals surface area contributed by atoms with Crippen molar-refractivity contribution >= 4 is 34.1 Å². The first kappa shape index (κ1) is 12.5. The normalized spacial score (nSPS) is 11.1. The molecule has 0 aliphatic rings. The Morgan fingerprint density at radius 2 is 2.05 bits per heavy atom. The zero-order valence-corrected chi connectivity index (χ0v) is 11.8. The van der Waals surface area contributed by atoms with Crippen LogP contribution in [-0.4, -0.2) is 14.8 Å². The zero-order valence-electron chi connectivity index (χ0n) is 10.3. The average molecular weight is 292 g/mol. The van der Waals surface area contributed by atoms with Crippen LogP contribution in [0.5, 0.6) is 0 Å². The Kier molecular flexibility index (Phi) is 3.17. The van der Waals surface area contributed by atoms with Crippen molar-refractivity contribution in [1.29, 1.82) is 0 Å². The summed E-state index contributed by atoms with van der Waals surface area (Å²) >= 11 is 12.1. The number of hydrogen-bond donors (Lipinski definition) is 0. The SMILES string of the molecule is Cn1nc(-c2ccc3nccc(Cl)c3c2)cc1CCl. The van der Waals surface area contributed by atoms with Gasteiger partial charge >= 0.3 is 0 Å². The molecule has 0 N–H and O–H groups in total. The van der Waals surface area contributed by atoms with Crippen molar-refractivity contribution in [3.63, 3.8) is 0 Å². The Hall–Kier alpha value is -1.58. The first-order chi connectivity index (χ1) is 9.19. The highest BCUT2D eigenvalue weighted by Gasteiger charge is 2.08. The van der Waals surface area contributed by atoms with Crippen LogP contribution in [0.3, 0.4) is 0 Å². The van der Waals surface area contributed by atoms with Crippen LogP contribution in [0.25, 0.3) is 22.2 Å². The fourth-order valence-electron chi connectivity index (χ4n) is 2.04. The zero-order chi connectivity index (χ0) is 13.4. The van der Waals surface area contributed by atoms with Gasteiger partial charge in [0, 0.05) is 24.2 Å². The smallest absolute Gasteiger partial charge is 0.0926 e. The van der Waals surface area contributed by atoms with E-state index in [0.717, 1.165) is 27.9 Å². The van der Waals surface area contributed by atoms with E-state index >= 15 is 0 Å². The lowest BCUT2D eigenvalue weighted by atomic mass is 10.1. The van der Waals surface area contributed by atoms with Gasteiger partial charge in [-0.3, -0.25) is 9.67 Å². The number of aromatic nitrogens is 3. The maximum Gasteiger partial charge on any atom is 0.0926 e. The van der Waals surface area contributed by atoms with Gasteiger partial charge in [-0.15, -0.1) is 11.6 Å². The van der Waals surface area contributed by atoms with Crippen molar-refractivity contribution in [3.05, 3.63) is 47.2 Å². The highest BCUT2D eigenvalue weighted by atomic mass is 35.5. The molecule has 3 aromatic rings. The maximum atomic E-state index is 6.19. The topological polar surface area (TPSA) is 30.7 Å². The Morgan fingerprint density at radius 1 is 1.21 bits per heavy atom. The Balaban J connectivity index is 2.17. The maximum absolute atomic E-state index is 6.19. The molecule has 0 spiro atoms. The highest BCUT2D eigenvalue weighted by Crippen LogP contribution is 2.27. The number of benzene rings is 1. The van der Waals surface area contributed by atoms with Crippen LogP contribution in [0.1, 0.15) is 5.69 Å². The molecule has 2 aromatic heterocycles. The fraction of sp³-hybridized carbons (Fsp3) is 0.143. The molecule has 0 saturated carbocycles. The van der Waals surface area contributed by atoms with E-state index in [0.29, 0.717) is 10.9 Å². The lowest BCUT2D eigenvalue weighted by Gasteiger charge is -2.02. The summed E-state index contributed by atoms with van der Waals surface area (Å²) in [5, 5.41) is 6.08. The predicted octanol–water partition coefficient (Wildman–Crippen LogP) is 4.03. The molecule has 0 aliphatic carbocycles. The molecule has 0 radical (unpaired) electrons. The molecule has 2 heterocycles. The van der Waals surface area contributed by atoms with E-state index < -0.39 is 0 Å². The minimum atomic E-state index is 0.444. The average Bonchev–Trinajstić information content (AvgIpc) is 2.80. The van der Waals surface area contributed by atoms with Crippen molar-refractivity contribution in [1.82, 2.24) is 14.8 Å². The van der Waals surface area contributed by atoms with E-state index in [4.69, 9.17) is 23.2 Å². The van der Waals surface area contributed by atoms with Gasteiger partial charge in [0.15, 0.2) is 0 Å². The third-order valence-electron chi connectivity index (χ3n) is 3.10. The summed E-state index contributed by atoms with van der Waals surface area (Å²) in [6.45, 7) is 0. The summed E-state index contributed by atoms with van der Waals surface area (Å²) in [5.74, 6) is 0.444. The summed E-state index contributed by atoms with van der Waals surface area (Å²) < 4.78 is 1.79. The lowest BCUT2D eigenvalue weighted by Crippen LogP contribution is -1.94. The Labute approximate surface area is 120 Å². The molecule has 5 heteroatoms. The van der Waals surface area contributed by atoms with E-state index in [9.17, 15) is 0 Å². The van der Waals surface area contributed by atoms with Crippen molar-refractivity contribution in [2.24, 2.45) is 7.05 Å². The number of fused-ring (bicyclic) bond motifs is 1. The van der Waals surface area contributed by atoms with E-state index in [1.54, 1.807) is 16.9 Å². The van der Waals surface area contributed by atoms with Gasteiger partial charge in [0.2, 0.25) is 0 Å². The van der Waals surface area contributed by atoms with Crippen molar-refractivity contribution < 1.29 is 0 Å². The standard InChI is InChI=1S/C14H11Cl2N3/c1-19-10(8-15)7-14(18-19)9-2-3-13-11(6-9)12(16)4-5-17-13/h2-7H,8H2,1H3. The number of alkyl halides is 1. The van der Waals surface area contributed by atoms with E-state index in [-0.39, 0.29) is 0 Å². The van der Waals surface area contributed by atoms with E-state index in [1.807, 2.05) is 31.3 Å². The van der Waals surface area contributed by atoms with Gasteiger partial charge in [-0.25, -0.2) is 0 Å². The summed E-state index contributed by atoms with van der Waals surface area (Å²) in [6.07, 6.45) is 1.71. The molecule has 0 amide bonds. The number of halogens is 2. The molecule has 1 aromatic carbocycles. The van der Waals surface area contributed by atoms with Crippen LogP contribution in [0.15, 0.2) is 36.5 Å². The Bertz CT molecular complexity index is 750. The van der Waals surface area contributed by atoms with E-state index in [1.165, 1.54) is 0 Å². The highest BCUT2D eigenvalue weighted by molar-refractivity contribution is 6.35. The summed E-state index contributed by atoms with van der Waals surface area (Å²) in [7, 11) is 1.89. The first-order valence-electron chi connectivity index (χ1n) is 5.82. The van der Waals surface area contributed by atoms with Gasteiger partial charge in [-0.05, 0) is 24.3 Å². The number of pyridine rings is 1. The second-order valence-corrected chi connectivity index (χ2v) is 4.98. The number of rotatable bonds is 2. The number of nitrogens with zero attached hydrogens (tertiary/aromatic N) is 3. The van der Waals surface area contributed by atoms with E-state index in [2.05, 4.69) is 10.1 Å². The van der Waals surface area contributed by atoms with Crippen LogP contribution in [0.4, 0.5) is 0 Å². The molecule has 3 rings (SSSR count). The fourth-order valence-corrected chi connectivity index (χ4v) is 2.50. The second kappa shape index (κ2) is 4.83. The molecular weight excluding hydrogens is 281 g/mol. The molecular formula is C14H11Cl2N3. The molecule has 19 heavy (non-hydrogen) atoms. The monoisotopic (exact) mass is 291 g/mol. The van der Waals surface area contributed by atoms with Crippen molar-refractivity contribution in [3.8, 4) is 11.3 Å². The third-order valence-corrected chi connectivity index (χ3v) is 3.70. The van der Waals surface area contributed by atoms with Crippen LogP contribution >= 0.6 is 23.2 Å². The predicted molar refractivity (Wildman–Crippen MR) is 78.5 cm³/mol. The number of aryl methyl sites for hydroxylation is 1. The molecule has 0 fully saturated rings. The summed E-state index contributed by atoms with van der Waals surface area (Å²) in [4.78, 5) is 4.28. The molecule has 0 unspecified atom stereocenters. The number of hydrogen-bond acceptors (Lipinski definition) is 2. The quantitative estimate of drug-likeness (QED) is 0.668. The van der Waals surface area contributed by atoms with Gasteiger partial charge in [0.05, 0.1) is 27.8 Å². The summed E-state index contributed by atoms with van der Waals surface area (Å²) in [6, 6.07) is 9.72. The summed E-state index contributed by atoms with van der Waals surface area (Å²) in [5.41, 5.74) is 3.76. The lowest BCUT2D eigenvalue weighted by molar-refractivity contribution is 0.737. The minimum absolute atomic E-state index is 0.444. The second-order valence-electron chi connectivity index (χ2n) is 4.30. The van der Waals surface area contributed by atoms with Gasteiger partial charge in [0.1, 0.15) is 0 Å². The van der Waals surface area contributed by atoms with Crippen LogP contribution in [0.2, 0.25) is 5.02 Å². The van der Waals surface area contributed by atoms with Gasteiger partial charge in [-0.2, -0.15) is 5.10 Å². The first-order valence-corrected chi connectivity index (χ1v) is 6.74. The molecule has 3 nitrogen and oxygen atoms in total. The van der Waals surface area contributed by atoms with Crippen LogP contribution in [-0.2, 0) is 12.9 Å². The van der Waals surface area contributed by atoms with Crippen LogP contribution in [0, 0.1) is 0 Å². The van der Waals surface area contributed by atoms with Gasteiger partial charge in [-0.1, -0.05) is 17.7 Å². The minimum Gasteiger partial charge on any atom is -0.271 e.